The highest BCUT2D eigenvalue weighted by Crippen LogP contribution is 2.27. The number of nitrogens with two attached hydrogens (primary N) is 1. The van der Waals surface area contributed by atoms with Crippen LogP contribution in [0.3, 0.4) is 0 Å². The van der Waals surface area contributed by atoms with Gasteiger partial charge in [0.2, 0.25) is 0 Å². The molecule has 15 heavy (non-hydrogen) atoms. The first-order valence-electron chi connectivity index (χ1n) is 4.34. The van der Waals surface area contributed by atoms with E-state index in [1.54, 1.807) is 19.1 Å². The highest BCUT2D eigenvalue weighted by molar-refractivity contribution is 8.00. The molecule has 0 saturated carbocycles. The lowest BCUT2D eigenvalue weighted by Crippen LogP contribution is -2.14. The van der Waals surface area contributed by atoms with Crippen molar-refractivity contribution in [3.05, 3.63) is 24.0 Å². The highest BCUT2D eigenvalue weighted by Gasteiger charge is 2.16. The molecule has 0 aliphatic heterocycles. The molecule has 0 fully saturated rings. The molecule has 1 rings (SSSR count). The van der Waals surface area contributed by atoms with Crippen LogP contribution in [0.1, 0.15) is 6.92 Å². The summed E-state index contributed by atoms with van der Waals surface area (Å²) >= 11 is 1.11. The number of methoxy groups -OCH3 is 1. The molecule has 1 atom stereocenters. The predicted molar refractivity (Wildman–Crippen MR) is 58.1 cm³/mol. The molecule has 0 amide bonds. The average Bonchev–Trinajstić information content (AvgIpc) is 2.20. The Morgan fingerprint density at radius 3 is 2.80 bits per heavy atom. The van der Waals surface area contributed by atoms with Gasteiger partial charge >= 0.3 is 5.97 Å². The van der Waals surface area contributed by atoms with Crippen LogP contribution in [0, 0.1) is 5.82 Å². The van der Waals surface area contributed by atoms with E-state index in [9.17, 15) is 9.18 Å². The van der Waals surface area contributed by atoms with Gasteiger partial charge in [-0.3, -0.25) is 4.79 Å². The van der Waals surface area contributed by atoms with Gasteiger partial charge in [0.15, 0.2) is 0 Å². The maximum atomic E-state index is 13.3. The van der Waals surface area contributed by atoms with E-state index in [1.807, 2.05) is 0 Å². The zero-order valence-electron chi connectivity index (χ0n) is 8.49. The molecule has 5 heteroatoms. The number of benzene rings is 1. The van der Waals surface area contributed by atoms with Gasteiger partial charge in [0.05, 0.1) is 7.11 Å². The van der Waals surface area contributed by atoms with E-state index in [0.717, 1.165) is 11.8 Å². The number of nitrogen functional groups attached to an aromatic ring is 1. The van der Waals surface area contributed by atoms with E-state index in [0.29, 0.717) is 10.6 Å². The molecule has 1 aromatic rings. The third-order valence-corrected chi connectivity index (χ3v) is 2.92. The van der Waals surface area contributed by atoms with Gasteiger partial charge in [-0.25, -0.2) is 4.39 Å². The van der Waals surface area contributed by atoms with Crippen LogP contribution in [0.4, 0.5) is 10.1 Å². The molecule has 0 aromatic heterocycles. The molecule has 0 spiro atoms. The van der Waals surface area contributed by atoms with Crippen LogP contribution < -0.4 is 5.73 Å². The van der Waals surface area contributed by atoms with Crippen molar-refractivity contribution in [2.45, 2.75) is 17.1 Å². The number of thioether (sulfide) groups is 1. The first-order chi connectivity index (χ1) is 7.04. The van der Waals surface area contributed by atoms with Crippen molar-refractivity contribution in [2.75, 3.05) is 12.8 Å². The summed E-state index contributed by atoms with van der Waals surface area (Å²) in [6, 6.07) is 4.37. The van der Waals surface area contributed by atoms with Crippen molar-refractivity contribution < 1.29 is 13.9 Å². The zero-order chi connectivity index (χ0) is 11.4. The number of carbonyl (C=O) groups is 1. The van der Waals surface area contributed by atoms with Gasteiger partial charge in [-0.2, -0.15) is 0 Å². The van der Waals surface area contributed by atoms with Crippen LogP contribution >= 0.6 is 11.8 Å². The van der Waals surface area contributed by atoms with Crippen LogP contribution in [-0.4, -0.2) is 18.3 Å². The number of ether oxygens (including phenoxy) is 1. The summed E-state index contributed by atoms with van der Waals surface area (Å²) in [5.41, 5.74) is 5.77. The standard InChI is InChI=1S/C10H12FNO2S/c1-6(10(13)14-2)15-9-4-3-7(12)5-8(9)11/h3-6H,12H2,1-2H3. The third kappa shape index (κ3) is 3.13. The Bertz CT molecular complexity index is 370. The summed E-state index contributed by atoms with van der Waals surface area (Å²) in [5, 5.41) is -0.437. The number of hydrogen-bond donors (Lipinski definition) is 1. The largest absolute Gasteiger partial charge is 0.468 e. The second-order valence-electron chi connectivity index (χ2n) is 2.97. The summed E-state index contributed by atoms with van der Waals surface area (Å²) in [7, 11) is 1.30. The highest BCUT2D eigenvalue weighted by atomic mass is 32.2. The van der Waals surface area contributed by atoms with Gasteiger partial charge in [0, 0.05) is 10.6 Å². The maximum absolute atomic E-state index is 13.3. The normalized spacial score (nSPS) is 12.2. The monoisotopic (exact) mass is 229 g/mol. The quantitative estimate of drug-likeness (QED) is 0.489. The Labute approximate surface area is 91.8 Å². The van der Waals surface area contributed by atoms with Crippen LogP contribution in [0.2, 0.25) is 0 Å². The van der Waals surface area contributed by atoms with Gasteiger partial charge < -0.3 is 10.5 Å². The summed E-state index contributed by atoms with van der Waals surface area (Å²) in [4.78, 5) is 11.5. The Morgan fingerprint density at radius 1 is 1.60 bits per heavy atom. The van der Waals surface area contributed by atoms with E-state index in [1.165, 1.54) is 13.2 Å². The number of esters is 1. The minimum Gasteiger partial charge on any atom is -0.468 e. The molecule has 82 valence electrons. The van der Waals surface area contributed by atoms with Gasteiger partial charge in [-0.05, 0) is 25.1 Å². The van der Waals surface area contributed by atoms with Crippen LogP contribution in [0.25, 0.3) is 0 Å². The van der Waals surface area contributed by atoms with Crippen molar-refractivity contribution in [1.82, 2.24) is 0 Å². The molecule has 3 nitrogen and oxygen atoms in total. The Hall–Kier alpha value is -1.23. The number of halogens is 1. The fraction of sp³-hybridized carbons (Fsp3) is 0.300. The molecule has 0 heterocycles. The summed E-state index contributed by atoms with van der Waals surface area (Å²) in [5.74, 6) is -0.799. The van der Waals surface area contributed by atoms with Crippen LogP contribution in [0.5, 0.6) is 0 Å². The average molecular weight is 229 g/mol. The summed E-state index contributed by atoms with van der Waals surface area (Å²) in [6.45, 7) is 1.66. The number of rotatable bonds is 3. The SMILES string of the molecule is COC(=O)C(C)Sc1ccc(N)cc1F. The fourth-order valence-corrected chi connectivity index (χ4v) is 1.91. The molecule has 2 N–H and O–H groups in total. The summed E-state index contributed by atoms with van der Waals surface area (Å²) in [6.07, 6.45) is 0. The third-order valence-electron chi connectivity index (χ3n) is 1.79. The number of anilines is 1. The fourth-order valence-electron chi connectivity index (χ4n) is 1.02. The first kappa shape index (κ1) is 11.8. The molecular formula is C10H12FNO2S. The van der Waals surface area contributed by atoms with E-state index < -0.39 is 11.1 Å². The Morgan fingerprint density at radius 2 is 2.27 bits per heavy atom. The van der Waals surface area contributed by atoms with Crippen molar-refractivity contribution in [1.29, 1.82) is 0 Å². The van der Waals surface area contributed by atoms with E-state index in [4.69, 9.17) is 5.73 Å². The molecule has 0 aliphatic carbocycles. The lowest BCUT2D eigenvalue weighted by atomic mass is 10.3. The maximum Gasteiger partial charge on any atom is 0.318 e. The minimum absolute atomic E-state index is 0.363. The molecule has 0 saturated heterocycles. The summed E-state index contributed by atoms with van der Waals surface area (Å²) < 4.78 is 17.9. The molecule has 1 unspecified atom stereocenters. The zero-order valence-corrected chi connectivity index (χ0v) is 9.31. The van der Waals surface area contributed by atoms with Crippen molar-refractivity contribution in [2.24, 2.45) is 0 Å². The predicted octanol–water partition coefficient (Wildman–Crippen LogP) is 2.06. The molecule has 1 aromatic carbocycles. The van der Waals surface area contributed by atoms with E-state index in [-0.39, 0.29) is 5.97 Å². The van der Waals surface area contributed by atoms with Crippen molar-refractivity contribution in [3.63, 3.8) is 0 Å². The van der Waals surface area contributed by atoms with Gasteiger partial charge in [0.1, 0.15) is 11.1 Å². The lowest BCUT2D eigenvalue weighted by molar-refractivity contribution is -0.139. The van der Waals surface area contributed by atoms with Crippen molar-refractivity contribution >= 4 is 23.4 Å². The lowest BCUT2D eigenvalue weighted by Gasteiger charge is -2.09. The topological polar surface area (TPSA) is 52.3 Å². The Balaban J connectivity index is 2.76. The second kappa shape index (κ2) is 5.02. The molecule has 0 aliphatic rings. The Kier molecular flexibility index (Phi) is 3.96. The van der Waals surface area contributed by atoms with Gasteiger partial charge in [-0.1, -0.05) is 0 Å². The van der Waals surface area contributed by atoms with E-state index >= 15 is 0 Å². The molecular weight excluding hydrogens is 217 g/mol. The number of carbonyl (C=O) groups excluding carboxylic acids is 1. The molecule has 0 bridgehead atoms. The first-order valence-corrected chi connectivity index (χ1v) is 5.22. The van der Waals surface area contributed by atoms with Gasteiger partial charge in [0.25, 0.3) is 0 Å². The number of hydrogen-bond acceptors (Lipinski definition) is 4. The van der Waals surface area contributed by atoms with Crippen molar-refractivity contribution in [3.8, 4) is 0 Å². The van der Waals surface area contributed by atoms with E-state index in [2.05, 4.69) is 4.74 Å². The van der Waals surface area contributed by atoms with Crippen LogP contribution in [0.15, 0.2) is 23.1 Å². The van der Waals surface area contributed by atoms with Gasteiger partial charge in [-0.15, -0.1) is 11.8 Å². The molecule has 0 radical (unpaired) electrons. The smallest absolute Gasteiger partial charge is 0.318 e. The minimum atomic E-state index is -0.437. The second-order valence-corrected chi connectivity index (χ2v) is 4.36. The van der Waals surface area contributed by atoms with Crippen LogP contribution in [-0.2, 0) is 9.53 Å².